The summed E-state index contributed by atoms with van der Waals surface area (Å²) in [6.45, 7) is 0.734. The van der Waals surface area contributed by atoms with E-state index in [4.69, 9.17) is 0 Å². The minimum absolute atomic E-state index is 0.0937. The van der Waals surface area contributed by atoms with Crippen LogP contribution >= 0.6 is 11.3 Å². The van der Waals surface area contributed by atoms with E-state index in [0.29, 0.717) is 36.2 Å². The van der Waals surface area contributed by atoms with Gasteiger partial charge in [-0.1, -0.05) is 12.2 Å². The monoisotopic (exact) mass is 384 g/mol. The molecule has 3 amide bonds. The molecule has 0 saturated carbocycles. The zero-order chi connectivity index (χ0) is 18.7. The Bertz CT molecular complexity index is 982. The summed E-state index contributed by atoms with van der Waals surface area (Å²) in [7, 11) is 0. The normalized spacial score (nSPS) is 25.2. The van der Waals surface area contributed by atoms with Crippen LogP contribution in [0.2, 0.25) is 0 Å². The van der Waals surface area contributed by atoms with Gasteiger partial charge in [-0.3, -0.25) is 19.3 Å². The van der Waals surface area contributed by atoms with Gasteiger partial charge in [0.2, 0.25) is 11.8 Å². The molecule has 27 heavy (non-hydrogen) atoms. The number of benzene rings is 1. The standard InChI is InChI=1S/C20H17FN2O3S/c21-12-5-6-16-11(7-12)8-17(27-16)20(26)22-9-13(10-22)23-18(24)14-3-1-2-4-15(14)19(23)25/h1-2,5-8,13-15H,3-4,9-10H2/t14-,15+. The smallest absolute Gasteiger partial charge is 0.264 e. The van der Waals surface area contributed by atoms with Crippen LogP contribution < -0.4 is 0 Å². The first-order chi connectivity index (χ1) is 13.0. The van der Waals surface area contributed by atoms with Crippen LogP contribution in [0.4, 0.5) is 4.39 Å². The van der Waals surface area contributed by atoms with Crippen molar-refractivity contribution < 1.29 is 18.8 Å². The first-order valence-corrected chi connectivity index (χ1v) is 9.85. The molecule has 0 radical (unpaired) electrons. The zero-order valence-corrected chi connectivity index (χ0v) is 15.2. The molecule has 3 aliphatic rings. The van der Waals surface area contributed by atoms with E-state index in [1.807, 2.05) is 12.2 Å². The number of nitrogens with zero attached hydrogens (tertiary/aromatic N) is 2. The Morgan fingerprint density at radius 2 is 1.70 bits per heavy atom. The molecule has 1 aromatic carbocycles. The van der Waals surface area contributed by atoms with Gasteiger partial charge in [0, 0.05) is 17.8 Å². The van der Waals surface area contributed by atoms with E-state index in [0.717, 1.165) is 4.70 Å². The third-order valence-electron chi connectivity index (χ3n) is 5.75. The van der Waals surface area contributed by atoms with Crippen molar-refractivity contribution in [2.75, 3.05) is 13.1 Å². The van der Waals surface area contributed by atoms with E-state index in [9.17, 15) is 18.8 Å². The third-order valence-corrected chi connectivity index (χ3v) is 6.85. The highest BCUT2D eigenvalue weighted by Gasteiger charge is 2.52. The Morgan fingerprint density at radius 1 is 1.04 bits per heavy atom. The predicted octanol–water partition coefficient (Wildman–Crippen LogP) is 2.82. The Balaban J connectivity index is 1.29. The summed E-state index contributed by atoms with van der Waals surface area (Å²) in [6, 6.07) is 5.93. The van der Waals surface area contributed by atoms with Crippen LogP contribution in [0.1, 0.15) is 22.5 Å². The summed E-state index contributed by atoms with van der Waals surface area (Å²) < 4.78 is 14.2. The number of fused-ring (bicyclic) bond motifs is 2. The van der Waals surface area contributed by atoms with Crippen molar-refractivity contribution in [2.45, 2.75) is 18.9 Å². The lowest BCUT2D eigenvalue weighted by atomic mass is 9.85. The predicted molar refractivity (Wildman–Crippen MR) is 98.7 cm³/mol. The van der Waals surface area contributed by atoms with Gasteiger partial charge in [0.1, 0.15) is 5.82 Å². The number of carbonyl (C=O) groups excluding carboxylic acids is 3. The summed E-state index contributed by atoms with van der Waals surface area (Å²) in [5.74, 6) is -1.11. The number of allylic oxidation sites excluding steroid dienone is 2. The molecule has 0 bridgehead atoms. The lowest BCUT2D eigenvalue weighted by Gasteiger charge is -2.43. The molecule has 5 rings (SSSR count). The Hall–Kier alpha value is -2.54. The number of hydrogen-bond acceptors (Lipinski definition) is 4. The van der Waals surface area contributed by atoms with Gasteiger partial charge in [0.05, 0.1) is 22.8 Å². The number of imide groups is 1. The average molecular weight is 384 g/mol. The third kappa shape index (κ3) is 2.52. The summed E-state index contributed by atoms with van der Waals surface area (Å²) in [5.41, 5.74) is 0. The topological polar surface area (TPSA) is 57.7 Å². The molecule has 3 heterocycles. The van der Waals surface area contributed by atoms with Crippen LogP contribution in [0.25, 0.3) is 10.1 Å². The van der Waals surface area contributed by atoms with Crippen LogP contribution in [0.5, 0.6) is 0 Å². The van der Waals surface area contributed by atoms with Crippen molar-refractivity contribution in [1.82, 2.24) is 9.80 Å². The van der Waals surface area contributed by atoms with Gasteiger partial charge in [-0.15, -0.1) is 11.3 Å². The quantitative estimate of drug-likeness (QED) is 0.591. The highest BCUT2D eigenvalue weighted by atomic mass is 32.1. The number of carbonyl (C=O) groups is 3. The molecule has 2 aromatic rings. The Kier molecular flexibility index (Phi) is 3.69. The van der Waals surface area contributed by atoms with Gasteiger partial charge in [0.15, 0.2) is 0 Å². The Labute approximate surface area is 159 Å². The number of hydrogen-bond donors (Lipinski definition) is 0. The molecular weight excluding hydrogens is 367 g/mol. The molecule has 0 spiro atoms. The Morgan fingerprint density at radius 3 is 2.37 bits per heavy atom. The summed E-state index contributed by atoms with van der Waals surface area (Å²) in [5, 5.41) is 0.710. The summed E-state index contributed by atoms with van der Waals surface area (Å²) in [6.07, 6.45) is 5.19. The average Bonchev–Trinajstić information content (AvgIpc) is 3.15. The lowest BCUT2D eigenvalue weighted by molar-refractivity contribution is -0.145. The van der Waals surface area contributed by atoms with E-state index in [1.54, 1.807) is 17.0 Å². The molecule has 0 unspecified atom stereocenters. The molecular formula is C20H17FN2O3S. The van der Waals surface area contributed by atoms with Crippen molar-refractivity contribution in [1.29, 1.82) is 0 Å². The van der Waals surface area contributed by atoms with Crippen molar-refractivity contribution in [3.05, 3.63) is 47.1 Å². The second-order valence-electron chi connectivity index (χ2n) is 7.36. The van der Waals surface area contributed by atoms with Gasteiger partial charge in [-0.2, -0.15) is 0 Å². The van der Waals surface area contributed by atoms with Gasteiger partial charge < -0.3 is 4.90 Å². The number of likely N-dealkylation sites (tertiary alicyclic amines) is 2. The number of thiophene rings is 1. The molecule has 1 aromatic heterocycles. The van der Waals surface area contributed by atoms with E-state index >= 15 is 0 Å². The van der Waals surface area contributed by atoms with E-state index in [-0.39, 0.29) is 41.4 Å². The molecule has 2 atom stereocenters. The van der Waals surface area contributed by atoms with Crippen molar-refractivity contribution in [2.24, 2.45) is 11.8 Å². The molecule has 138 valence electrons. The molecule has 7 heteroatoms. The van der Waals surface area contributed by atoms with Gasteiger partial charge in [0.25, 0.3) is 5.91 Å². The second kappa shape index (κ2) is 5.99. The van der Waals surface area contributed by atoms with Crippen molar-refractivity contribution in [3.63, 3.8) is 0 Å². The minimum Gasteiger partial charge on any atom is -0.334 e. The van der Waals surface area contributed by atoms with Crippen molar-refractivity contribution in [3.8, 4) is 0 Å². The first-order valence-electron chi connectivity index (χ1n) is 9.03. The van der Waals surface area contributed by atoms with Crippen molar-refractivity contribution >= 4 is 39.1 Å². The fraction of sp³-hybridized carbons (Fsp3) is 0.350. The fourth-order valence-electron chi connectivity index (χ4n) is 4.25. The molecule has 2 fully saturated rings. The number of amides is 3. The maximum atomic E-state index is 13.3. The molecule has 2 saturated heterocycles. The van der Waals surface area contributed by atoms with E-state index in [1.165, 1.54) is 28.4 Å². The van der Waals surface area contributed by atoms with E-state index < -0.39 is 0 Å². The second-order valence-corrected chi connectivity index (χ2v) is 8.44. The van der Waals surface area contributed by atoms with Gasteiger partial charge >= 0.3 is 0 Å². The SMILES string of the molecule is O=C(c1cc2cc(F)ccc2s1)N1CC(N2C(=O)[C@H]3CC=CC[C@H]3C2=O)C1. The highest BCUT2D eigenvalue weighted by Crippen LogP contribution is 2.38. The van der Waals surface area contributed by atoms with E-state index in [2.05, 4.69) is 0 Å². The molecule has 2 aliphatic heterocycles. The molecule has 5 nitrogen and oxygen atoms in total. The van der Waals surface area contributed by atoms with Crippen LogP contribution in [-0.4, -0.2) is 46.7 Å². The maximum Gasteiger partial charge on any atom is 0.264 e. The zero-order valence-electron chi connectivity index (χ0n) is 14.4. The number of halogens is 1. The highest BCUT2D eigenvalue weighted by molar-refractivity contribution is 7.20. The van der Waals surface area contributed by atoms with Crippen LogP contribution in [-0.2, 0) is 9.59 Å². The molecule has 1 aliphatic carbocycles. The van der Waals surface area contributed by atoms with Gasteiger partial charge in [-0.25, -0.2) is 4.39 Å². The fourth-order valence-corrected chi connectivity index (χ4v) is 5.26. The van der Waals surface area contributed by atoms with Gasteiger partial charge in [-0.05, 0) is 42.5 Å². The largest absolute Gasteiger partial charge is 0.334 e. The maximum absolute atomic E-state index is 13.3. The van der Waals surface area contributed by atoms with Crippen LogP contribution in [0.3, 0.4) is 0 Å². The lowest BCUT2D eigenvalue weighted by Crippen LogP contribution is -2.62. The minimum atomic E-state index is -0.328. The van der Waals surface area contributed by atoms with Crippen LogP contribution in [0.15, 0.2) is 36.4 Å². The first kappa shape index (κ1) is 16.6. The summed E-state index contributed by atoms with van der Waals surface area (Å²) in [4.78, 5) is 41.5. The molecule has 0 N–H and O–H groups in total. The van der Waals surface area contributed by atoms with Crippen LogP contribution in [0, 0.1) is 17.7 Å². The number of rotatable bonds is 2. The summed E-state index contributed by atoms with van der Waals surface area (Å²) >= 11 is 1.33.